The molecule has 0 saturated heterocycles. The quantitative estimate of drug-likeness (QED) is 0.254. The maximum Gasteiger partial charge on any atom is 0.161 e. The van der Waals surface area contributed by atoms with Crippen molar-refractivity contribution in [1.82, 2.24) is 5.43 Å². The Morgan fingerprint density at radius 1 is 0.897 bits per heavy atom. The topological polar surface area (TPSA) is 52.1 Å². The number of hydrazone groups is 1. The van der Waals surface area contributed by atoms with Crippen LogP contribution in [0.2, 0.25) is 0 Å². The summed E-state index contributed by atoms with van der Waals surface area (Å²) in [5.41, 5.74) is 6.21. The number of benzene rings is 3. The molecule has 0 fully saturated rings. The fraction of sp³-hybridized carbons (Fsp3) is 0.174. The zero-order valence-electron chi connectivity index (χ0n) is 16.4. The van der Waals surface area contributed by atoms with Crippen molar-refractivity contribution < 1.29 is 14.2 Å². The normalized spacial score (nSPS) is 10.7. The average Bonchev–Trinajstić information content (AvgIpc) is 2.76. The van der Waals surface area contributed by atoms with Gasteiger partial charge in [0.25, 0.3) is 0 Å². The maximum atomic E-state index is 5.89. The molecule has 0 unspecified atom stereocenters. The van der Waals surface area contributed by atoms with E-state index in [4.69, 9.17) is 14.2 Å². The molecule has 0 aliphatic rings. The van der Waals surface area contributed by atoms with E-state index < -0.39 is 0 Å². The molecule has 0 heterocycles. The molecule has 6 heteroatoms. The first-order chi connectivity index (χ1) is 14.2. The highest BCUT2D eigenvalue weighted by molar-refractivity contribution is 14.1. The molecular formula is C23H23IN2O3. The predicted molar refractivity (Wildman–Crippen MR) is 124 cm³/mol. The van der Waals surface area contributed by atoms with Crippen molar-refractivity contribution in [3.8, 4) is 17.2 Å². The van der Waals surface area contributed by atoms with Crippen LogP contribution in [0.25, 0.3) is 0 Å². The number of hydrogen-bond donors (Lipinski definition) is 1. The van der Waals surface area contributed by atoms with E-state index >= 15 is 0 Å². The van der Waals surface area contributed by atoms with Crippen LogP contribution in [0.15, 0.2) is 71.8 Å². The first-order valence-electron chi connectivity index (χ1n) is 9.12. The van der Waals surface area contributed by atoms with E-state index in [9.17, 15) is 0 Å². The largest absolute Gasteiger partial charge is 0.493 e. The van der Waals surface area contributed by atoms with Crippen LogP contribution in [0.4, 0.5) is 0 Å². The monoisotopic (exact) mass is 502 g/mol. The van der Waals surface area contributed by atoms with Crippen LogP contribution in [-0.2, 0) is 13.2 Å². The van der Waals surface area contributed by atoms with Gasteiger partial charge in [0.15, 0.2) is 11.5 Å². The summed E-state index contributed by atoms with van der Waals surface area (Å²) < 4.78 is 17.7. The zero-order chi connectivity index (χ0) is 20.5. The highest BCUT2D eigenvalue weighted by Gasteiger charge is 2.04. The summed E-state index contributed by atoms with van der Waals surface area (Å²) in [4.78, 5) is 0. The van der Waals surface area contributed by atoms with Gasteiger partial charge in [0.2, 0.25) is 0 Å². The third-order valence-corrected chi connectivity index (χ3v) is 4.93. The number of nitrogens with zero attached hydrogens (tertiary/aromatic N) is 1. The Hall–Kier alpha value is -2.74. The summed E-state index contributed by atoms with van der Waals surface area (Å²) in [6.45, 7) is 1.12. The van der Waals surface area contributed by atoms with E-state index in [0.29, 0.717) is 24.7 Å². The summed E-state index contributed by atoms with van der Waals surface area (Å²) >= 11 is 2.29. The first kappa shape index (κ1) is 21.0. The summed E-state index contributed by atoms with van der Waals surface area (Å²) in [7, 11) is 3.25. The lowest BCUT2D eigenvalue weighted by atomic mass is 10.2. The van der Waals surface area contributed by atoms with Crippen LogP contribution in [0.1, 0.15) is 16.7 Å². The molecule has 0 radical (unpaired) electrons. The van der Waals surface area contributed by atoms with E-state index in [1.54, 1.807) is 20.4 Å². The summed E-state index contributed by atoms with van der Waals surface area (Å²) in [6, 6.07) is 21.9. The smallest absolute Gasteiger partial charge is 0.161 e. The van der Waals surface area contributed by atoms with Crippen LogP contribution >= 0.6 is 22.6 Å². The Morgan fingerprint density at radius 3 is 2.41 bits per heavy atom. The second-order valence-electron chi connectivity index (χ2n) is 6.27. The van der Waals surface area contributed by atoms with Crippen molar-refractivity contribution in [2.45, 2.75) is 13.2 Å². The van der Waals surface area contributed by atoms with Gasteiger partial charge < -0.3 is 19.6 Å². The molecule has 1 N–H and O–H groups in total. The molecule has 0 aromatic heterocycles. The first-order valence-corrected chi connectivity index (χ1v) is 10.2. The molecule has 0 amide bonds. The molecular weight excluding hydrogens is 479 g/mol. The summed E-state index contributed by atoms with van der Waals surface area (Å²) in [5, 5.41) is 4.30. The predicted octanol–water partition coefficient (Wildman–Crippen LogP) is 5.01. The van der Waals surface area contributed by atoms with E-state index in [2.05, 4.69) is 57.4 Å². The standard InChI is InChI=1S/C23H23IN2O3/c1-27-22-11-8-19(13-23(22)28-2)15-26-25-14-18-4-3-5-21(12-18)29-16-17-6-9-20(24)10-7-17/h3-14,26H,15-16H2,1-2H3/b25-14-. The Bertz CT molecular complexity index is 959. The van der Waals surface area contributed by atoms with Crippen molar-refractivity contribution in [2.24, 2.45) is 5.10 Å². The lowest BCUT2D eigenvalue weighted by Crippen LogP contribution is -2.06. The number of halogens is 1. The third kappa shape index (κ3) is 6.39. The van der Waals surface area contributed by atoms with Crippen LogP contribution in [0.3, 0.4) is 0 Å². The Kier molecular flexibility index (Phi) is 7.75. The molecule has 0 aliphatic carbocycles. The van der Waals surface area contributed by atoms with Crippen molar-refractivity contribution in [2.75, 3.05) is 14.2 Å². The molecule has 0 aliphatic heterocycles. The van der Waals surface area contributed by atoms with Gasteiger partial charge in [0, 0.05) is 3.57 Å². The van der Waals surface area contributed by atoms with E-state index in [1.807, 2.05) is 42.5 Å². The number of hydrogen-bond acceptors (Lipinski definition) is 5. The van der Waals surface area contributed by atoms with Gasteiger partial charge in [0.05, 0.1) is 27.0 Å². The van der Waals surface area contributed by atoms with Crippen LogP contribution < -0.4 is 19.6 Å². The molecule has 0 saturated carbocycles. The minimum absolute atomic E-state index is 0.537. The molecule has 29 heavy (non-hydrogen) atoms. The lowest BCUT2D eigenvalue weighted by Gasteiger charge is -2.09. The van der Waals surface area contributed by atoms with Crippen molar-refractivity contribution >= 4 is 28.8 Å². The molecule has 3 aromatic rings. The van der Waals surface area contributed by atoms with Gasteiger partial charge in [-0.05, 0) is 75.7 Å². The molecule has 3 aromatic carbocycles. The summed E-state index contributed by atoms with van der Waals surface area (Å²) in [5.74, 6) is 2.22. The number of methoxy groups -OCH3 is 2. The van der Waals surface area contributed by atoms with Crippen molar-refractivity contribution in [3.63, 3.8) is 0 Å². The Morgan fingerprint density at radius 2 is 1.66 bits per heavy atom. The molecule has 5 nitrogen and oxygen atoms in total. The Balaban J connectivity index is 1.53. The Labute approximate surface area is 184 Å². The third-order valence-electron chi connectivity index (χ3n) is 4.21. The van der Waals surface area contributed by atoms with E-state index in [0.717, 1.165) is 22.4 Å². The minimum atomic E-state index is 0.537. The molecule has 0 bridgehead atoms. The molecule has 3 rings (SSSR count). The van der Waals surface area contributed by atoms with Crippen LogP contribution in [-0.4, -0.2) is 20.4 Å². The fourth-order valence-corrected chi connectivity index (χ4v) is 3.04. The van der Waals surface area contributed by atoms with Gasteiger partial charge in [-0.25, -0.2) is 0 Å². The second-order valence-corrected chi connectivity index (χ2v) is 7.52. The zero-order valence-corrected chi connectivity index (χ0v) is 18.5. The number of nitrogens with one attached hydrogen (secondary N) is 1. The minimum Gasteiger partial charge on any atom is -0.493 e. The second kappa shape index (κ2) is 10.7. The number of ether oxygens (including phenoxy) is 3. The SMILES string of the molecule is COc1ccc(CN/N=C\c2cccc(OCc3ccc(I)cc3)c2)cc1OC. The van der Waals surface area contributed by atoms with Gasteiger partial charge in [-0.15, -0.1) is 0 Å². The maximum absolute atomic E-state index is 5.89. The van der Waals surface area contributed by atoms with Gasteiger partial charge in [-0.2, -0.15) is 5.10 Å². The van der Waals surface area contributed by atoms with Gasteiger partial charge in [0.1, 0.15) is 12.4 Å². The molecule has 150 valence electrons. The number of rotatable bonds is 9. The van der Waals surface area contributed by atoms with E-state index in [1.165, 1.54) is 3.57 Å². The molecule has 0 spiro atoms. The van der Waals surface area contributed by atoms with Gasteiger partial charge >= 0.3 is 0 Å². The molecule has 0 atom stereocenters. The van der Waals surface area contributed by atoms with Crippen LogP contribution in [0.5, 0.6) is 17.2 Å². The fourth-order valence-electron chi connectivity index (χ4n) is 2.68. The highest BCUT2D eigenvalue weighted by atomic mass is 127. The van der Waals surface area contributed by atoms with Crippen molar-refractivity contribution in [1.29, 1.82) is 0 Å². The lowest BCUT2D eigenvalue weighted by molar-refractivity contribution is 0.306. The highest BCUT2D eigenvalue weighted by Crippen LogP contribution is 2.27. The average molecular weight is 502 g/mol. The van der Waals surface area contributed by atoms with Gasteiger partial charge in [-0.3, -0.25) is 0 Å². The summed E-state index contributed by atoms with van der Waals surface area (Å²) in [6.07, 6.45) is 1.78. The van der Waals surface area contributed by atoms with Gasteiger partial charge in [-0.1, -0.05) is 30.3 Å². The van der Waals surface area contributed by atoms with Crippen molar-refractivity contribution in [3.05, 3.63) is 87.0 Å². The van der Waals surface area contributed by atoms with E-state index in [-0.39, 0.29) is 0 Å². The van der Waals surface area contributed by atoms with Crippen LogP contribution in [0, 0.1) is 3.57 Å².